The zero-order chi connectivity index (χ0) is 14.4. The third-order valence-electron chi connectivity index (χ3n) is 2.73. The molecule has 0 aromatic heterocycles. The maximum Gasteiger partial charge on any atom is 0.322 e. The first-order valence-corrected chi connectivity index (χ1v) is 6.11. The Balaban J connectivity index is 2.46. The summed E-state index contributed by atoms with van der Waals surface area (Å²) in [4.78, 5) is 21.7. The summed E-state index contributed by atoms with van der Waals surface area (Å²) in [7, 11) is 0. The molecule has 1 amide bonds. The molecule has 5 nitrogen and oxygen atoms in total. The molecule has 5 heteroatoms. The molecule has 0 radical (unpaired) electrons. The molecule has 0 fully saturated rings. The highest BCUT2D eigenvalue weighted by atomic mass is 16.5. The zero-order valence-electron chi connectivity index (χ0n) is 11.4. The highest BCUT2D eigenvalue weighted by Gasteiger charge is 2.11. The Kier molecular flexibility index (Phi) is 5.36. The summed E-state index contributed by atoms with van der Waals surface area (Å²) < 4.78 is 5.62. The molecular formula is C14H19NO4. The summed E-state index contributed by atoms with van der Waals surface area (Å²) in [6.45, 7) is 5.42. The molecule has 104 valence electrons. The van der Waals surface area contributed by atoms with Crippen molar-refractivity contribution in [2.75, 3.05) is 6.54 Å². The standard InChI is InChI=1S/C14H19NO4/c1-9-4-5-12(6-10(9)2)19-11(3)7-13(16)15-8-14(17)18/h4-6,11H,7-8H2,1-3H3,(H,15,16)(H,17,18). The fourth-order valence-corrected chi connectivity index (χ4v) is 1.57. The number of carboxylic acid groups (broad SMARTS) is 1. The van der Waals surface area contributed by atoms with Gasteiger partial charge >= 0.3 is 5.97 Å². The number of hydrogen-bond acceptors (Lipinski definition) is 3. The maximum absolute atomic E-state index is 11.4. The van der Waals surface area contributed by atoms with Crippen molar-refractivity contribution < 1.29 is 19.4 Å². The second-order valence-electron chi connectivity index (χ2n) is 4.55. The van der Waals surface area contributed by atoms with Gasteiger partial charge in [0.25, 0.3) is 0 Å². The molecule has 0 bridgehead atoms. The SMILES string of the molecule is Cc1ccc(OC(C)CC(=O)NCC(=O)O)cc1C. The van der Waals surface area contributed by atoms with Gasteiger partial charge in [0, 0.05) is 0 Å². The monoisotopic (exact) mass is 265 g/mol. The summed E-state index contributed by atoms with van der Waals surface area (Å²) >= 11 is 0. The lowest BCUT2D eigenvalue weighted by Crippen LogP contribution is -2.32. The van der Waals surface area contributed by atoms with Gasteiger partial charge in [0.05, 0.1) is 6.42 Å². The van der Waals surface area contributed by atoms with E-state index in [1.807, 2.05) is 32.0 Å². The Hall–Kier alpha value is -2.04. The van der Waals surface area contributed by atoms with Crippen LogP contribution in [-0.4, -0.2) is 29.6 Å². The van der Waals surface area contributed by atoms with Crippen LogP contribution in [0.5, 0.6) is 5.75 Å². The van der Waals surface area contributed by atoms with Gasteiger partial charge in [-0.05, 0) is 44.0 Å². The highest BCUT2D eigenvalue weighted by Crippen LogP contribution is 2.18. The quantitative estimate of drug-likeness (QED) is 0.820. The number of nitrogens with one attached hydrogen (secondary N) is 1. The van der Waals surface area contributed by atoms with Crippen molar-refractivity contribution in [1.82, 2.24) is 5.32 Å². The van der Waals surface area contributed by atoms with Crippen LogP contribution in [-0.2, 0) is 9.59 Å². The average Bonchev–Trinajstić information content (AvgIpc) is 2.31. The van der Waals surface area contributed by atoms with Crippen molar-refractivity contribution in [3.63, 3.8) is 0 Å². The molecule has 0 aliphatic heterocycles. The van der Waals surface area contributed by atoms with Crippen molar-refractivity contribution in [3.05, 3.63) is 29.3 Å². The number of benzene rings is 1. The molecule has 1 atom stereocenters. The molecule has 1 aromatic carbocycles. The van der Waals surface area contributed by atoms with Crippen LogP contribution in [0, 0.1) is 13.8 Å². The van der Waals surface area contributed by atoms with Gasteiger partial charge < -0.3 is 15.2 Å². The Labute approximate surface area is 112 Å². The van der Waals surface area contributed by atoms with Gasteiger partial charge in [0.1, 0.15) is 18.4 Å². The van der Waals surface area contributed by atoms with E-state index in [-0.39, 0.29) is 25.0 Å². The molecule has 0 spiro atoms. The molecule has 0 saturated heterocycles. The number of carbonyl (C=O) groups excluding carboxylic acids is 1. The second kappa shape index (κ2) is 6.78. The number of carbonyl (C=O) groups is 2. The second-order valence-corrected chi connectivity index (χ2v) is 4.55. The predicted molar refractivity (Wildman–Crippen MR) is 71.3 cm³/mol. The Bertz CT molecular complexity index is 471. The van der Waals surface area contributed by atoms with Gasteiger partial charge in [-0.3, -0.25) is 9.59 Å². The molecule has 19 heavy (non-hydrogen) atoms. The van der Waals surface area contributed by atoms with Crippen molar-refractivity contribution in [2.45, 2.75) is 33.3 Å². The fraction of sp³-hybridized carbons (Fsp3) is 0.429. The third kappa shape index (κ3) is 5.42. The minimum absolute atomic E-state index is 0.125. The Morgan fingerprint density at radius 1 is 1.32 bits per heavy atom. The van der Waals surface area contributed by atoms with Gasteiger partial charge in [-0.1, -0.05) is 6.07 Å². The number of carboxylic acids is 1. The molecule has 2 N–H and O–H groups in total. The molecule has 0 aliphatic carbocycles. The molecule has 1 aromatic rings. The highest BCUT2D eigenvalue weighted by molar-refractivity contribution is 5.81. The fourth-order valence-electron chi connectivity index (χ4n) is 1.57. The number of aryl methyl sites for hydroxylation is 2. The summed E-state index contributed by atoms with van der Waals surface area (Å²) in [6, 6.07) is 5.73. The third-order valence-corrected chi connectivity index (χ3v) is 2.73. The van der Waals surface area contributed by atoms with Crippen LogP contribution in [0.2, 0.25) is 0 Å². The minimum atomic E-state index is -1.06. The van der Waals surface area contributed by atoms with E-state index < -0.39 is 5.97 Å². The minimum Gasteiger partial charge on any atom is -0.490 e. The van der Waals surface area contributed by atoms with Crippen LogP contribution in [0.25, 0.3) is 0 Å². The van der Waals surface area contributed by atoms with Crippen molar-refractivity contribution in [2.24, 2.45) is 0 Å². The Morgan fingerprint density at radius 3 is 2.58 bits per heavy atom. The van der Waals surface area contributed by atoms with Crippen LogP contribution in [0.15, 0.2) is 18.2 Å². The molecule has 0 aliphatic rings. The number of aliphatic carboxylic acids is 1. The van der Waals surface area contributed by atoms with E-state index in [1.165, 1.54) is 5.56 Å². The summed E-state index contributed by atoms with van der Waals surface area (Å²) in [5, 5.41) is 10.7. The van der Waals surface area contributed by atoms with Gasteiger partial charge in [0.2, 0.25) is 5.91 Å². The van der Waals surface area contributed by atoms with E-state index in [2.05, 4.69) is 5.32 Å². The lowest BCUT2D eigenvalue weighted by Gasteiger charge is -2.15. The summed E-state index contributed by atoms with van der Waals surface area (Å²) in [6.07, 6.45) is -0.184. The molecule has 1 rings (SSSR count). The number of rotatable bonds is 6. The topological polar surface area (TPSA) is 75.6 Å². The van der Waals surface area contributed by atoms with E-state index in [0.717, 1.165) is 5.56 Å². The first-order valence-electron chi connectivity index (χ1n) is 6.11. The van der Waals surface area contributed by atoms with Gasteiger partial charge in [0.15, 0.2) is 0 Å². The molecule has 0 heterocycles. The molecule has 1 unspecified atom stereocenters. The van der Waals surface area contributed by atoms with E-state index >= 15 is 0 Å². The molecular weight excluding hydrogens is 246 g/mol. The summed E-state index contributed by atoms with van der Waals surface area (Å²) in [5.74, 6) is -0.684. The summed E-state index contributed by atoms with van der Waals surface area (Å²) in [5.41, 5.74) is 2.30. The van der Waals surface area contributed by atoms with E-state index in [1.54, 1.807) is 6.92 Å². The lowest BCUT2D eigenvalue weighted by atomic mass is 10.1. The van der Waals surface area contributed by atoms with Crippen molar-refractivity contribution in [1.29, 1.82) is 0 Å². The normalized spacial score (nSPS) is 11.7. The number of hydrogen-bond donors (Lipinski definition) is 2. The number of amides is 1. The van der Waals surface area contributed by atoms with Gasteiger partial charge in [-0.2, -0.15) is 0 Å². The zero-order valence-corrected chi connectivity index (χ0v) is 11.4. The van der Waals surface area contributed by atoms with Crippen molar-refractivity contribution >= 4 is 11.9 Å². The van der Waals surface area contributed by atoms with Crippen LogP contribution < -0.4 is 10.1 Å². The van der Waals surface area contributed by atoms with E-state index in [4.69, 9.17) is 9.84 Å². The largest absolute Gasteiger partial charge is 0.490 e. The van der Waals surface area contributed by atoms with Crippen molar-refractivity contribution in [3.8, 4) is 5.75 Å². The maximum atomic E-state index is 11.4. The lowest BCUT2D eigenvalue weighted by molar-refractivity contribution is -0.138. The van der Waals surface area contributed by atoms with Gasteiger partial charge in [-0.25, -0.2) is 0 Å². The van der Waals surface area contributed by atoms with Crippen LogP contribution >= 0.6 is 0 Å². The van der Waals surface area contributed by atoms with Crippen LogP contribution in [0.1, 0.15) is 24.5 Å². The van der Waals surface area contributed by atoms with Gasteiger partial charge in [-0.15, -0.1) is 0 Å². The first-order chi connectivity index (χ1) is 8.88. The van der Waals surface area contributed by atoms with E-state index in [0.29, 0.717) is 5.75 Å². The Morgan fingerprint density at radius 2 is 2.00 bits per heavy atom. The number of ether oxygens (including phenoxy) is 1. The first kappa shape index (κ1) is 15.0. The smallest absolute Gasteiger partial charge is 0.322 e. The molecule has 0 saturated carbocycles. The predicted octanol–water partition coefficient (Wildman–Crippen LogP) is 1.66. The average molecular weight is 265 g/mol. The van der Waals surface area contributed by atoms with Crippen LogP contribution in [0.3, 0.4) is 0 Å². The van der Waals surface area contributed by atoms with Crippen LogP contribution in [0.4, 0.5) is 0 Å². The van der Waals surface area contributed by atoms with E-state index in [9.17, 15) is 9.59 Å².